The van der Waals surface area contributed by atoms with Crippen LogP contribution in [0.25, 0.3) is 16.8 Å². The highest BCUT2D eigenvalue weighted by molar-refractivity contribution is 6.09. The lowest BCUT2D eigenvalue weighted by molar-refractivity contribution is -0.142. The monoisotopic (exact) mass is 293 g/mol. The van der Waals surface area contributed by atoms with Gasteiger partial charge in [0.1, 0.15) is 5.92 Å². The molecular formula is C18H15NO3. The molecule has 22 heavy (non-hydrogen) atoms. The molecule has 0 saturated carbocycles. The normalized spacial score (nSPS) is 19.5. The van der Waals surface area contributed by atoms with Crippen LogP contribution in [0.1, 0.15) is 5.56 Å². The number of nitrogens with one attached hydrogen (secondary N) is 1. The maximum atomic E-state index is 12.1. The largest absolute Gasteiger partial charge is 0.468 e. The van der Waals surface area contributed by atoms with Gasteiger partial charge in [0, 0.05) is 11.3 Å². The average molecular weight is 293 g/mol. The molecule has 1 heterocycles. The van der Waals surface area contributed by atoms with E-state index in [2.05, 4.69) is 11.9 Å². The molecule has 1 atom stereocenters. The highest BCUT2D eigenvalue weighted by Gasteiger charge is 2.38. The van der Waals surface area contributed by atoms with Crippen LogP contribution in [0, 0.1) is 5.92 Å². The van der Waals surface area contributed by atoms with E-state index in [1.54, 1.807) is 6.08 Å². The summed E-state index contributed by atoms with van der Waals surface area (Å²) in [5.41, 5.74) is 1.59. The summed E-state index contributed by atoms with van der Waals surface area (Å²) in [6, 6.07) is 13.7. The van der Waals surface area contributed by atoms with Crippen LogP contribution < -0.4 is 5.32 Å². The van der Waals surface area contributed by atoms with Crippen molar-refractivity contribution >= 4 is 28.7 Å². The Balaban J connectivity index is 2.14. The van der Waals surface area contributed by atoms with Crippen molar-refractivity contribution < 1.29 is 14.3 Å². The molecule has 2 aromatic rings. The topological polar surface area (TPSA) is 55.4 Å². The molecule has 3 rings (SSSR count). The first-order valence-electron chi connectivity index (χ1n) is 6.89. The predicted octanol–water partition coefficient (Wildman–Crippen LogP) is 2.66. The second-order valence-electron chi connectivity index (χ2n) is 5.10. The van der Waals surface area contributed by atoms with E-state index in [0.29, 0.717) is 11.3 Å². The quantitative estimate of drug-likeness (QED) is 0.684. The van der Waals surface area contributed by atoms with Crippen LogP contribution in [0.4, 0.5) is 0 Å². The summed E-state index contributed by atoms with van der Waals surface area (Å²) < 4.78 is 4.78. The van der Waals surface area contributed by atoms with E-state index in [1.807, 2.05) is 42.5 Å². The van der Waals surface area contributed by atoms with Crippen LogP contribution >= 0.6 is 0 Å². The van der Waals surface area contributed by atoms with Gasteiger partial charge in [-0.1, -0.05) is 49.0 Å². The number of carbonyl (C=O) groups is 2. The average Bonchev–Trinajstić information content (AvgIpc) is 2.81. The fourth-order valence-corrected chi connectivity index (χ4v) is 2.69. The molecule has 1 fully saturated rings. The van der Waals surface area contributed by atoms with Crippen LogP contribution in [0.3, 0.4) is 0 Å². The Hall–Kier alpha value is -2.88. The number of ether oxygens (including phenoxy) is 1. The van der Waals surface area contributed by atoms with Crippen molar-refractivity contribution in [1.29, 1.82) is 0 Å². The Morgan fingerprint density at radius 2 is 1.95 bits per heavy atom. The molecule has 0 aliphatic carbocycles. The molecule has 110 valence electrons. The Kier molecular flexibility index (Phi) is 3.51. The van der Waals surface area contributed by atoms with Gasteiger partial charge in [0.25, 0.3) is 5.91 Å². The minimum Gasteiger partial charge on any atom is -0.468 e. The molecule has 0 spiro atoms. The number of hydrogen-bond acceptors (Lipinski definition) is 3. The minimum atomic E-state index is -0.767. The number of amides is 1. The number of methoxy groups -OCH3 is 1. The van der Waals surface area contributed by atoms with E-state index in [4.69, 9.17) is 4.74 Å². The van der Waals surface area contributed by atoms with Gasteiger partial charge in [-0.25, -0.2) is 0 Å². The van der Waals surface area contributed by atoms with E-state index in [1.165, 1.54) is 7.11 Å². The van der Waals surface area contributed by atoms with Crippen LogP contribution in [0.5, 0.6) is 0 Å². The zero-order valence-corrected chi connectivity index (χ0v) is 12.1. The van der Waals surface area contributed by atoms with E-state index in [-0.39, 0.29) is 5.91 Å². The van der Waals surface area contributed by atoms with E-state index in [0.717, 1.165) is 16.3 Å². The molecule has 0 aromatic heterocycles. The van der Waals surface area contributed by atoms with Crippen molar-refractivity contribution in [1.82, 2.24) is 5.32 Å². The number of rotatable bonds is 2. The Morgan fingerprint density at radius 3 is 2.73 bits per heavy atom. The van der Waals surface area contributed by atoms with Gasteiger partial charge in [-0.05, 0) is 22.4 Å². The molecule has 4 nitrogen and oxygen atoms in total. The summed E-state index contributed by atoms with van der Waals surface area (Å²) in [5.74, 6) is -1.57. The molecule has 1 N–H and O–H groups in total. The van der Waals surface area contributed by atoms with Crippen molar-refractivity contribution in [3.8, 4) is 0 Å². The van der Waals surface area contributed by atoms with Crippen LogP contribution in [0.15, 0.2) is 60.3 Å². The van der Waals surface area contributed by atoms with Gasteiger partial charge in [0.05, 0.1) is 7.11 Å². The smallest absolute Gasteiger partial charge is 0.319 e. The lowest BCUT2D eigenvalue weighted by Crippen LogP contribution is -2.17. The molecule has 2 aromatic carbocycles. The van der Waals surface area contributed by atoms with Gasteiger partial charge in [-0.2, -0.15) is 0 Å². The molecular weight excluding hydrogens is 278 g/mol. The third kappa shape index (κ3) is 2.29. The molecule has 0 bridgehead atoms. The standard InChI is InChI=1S/C18H15NO3/c1-11-16(18(21)22-2)15(17(20)19-11)10-13-8-5-7-12-6-3-4-9-14(12)13/h3-10,16H,1H2,2H3,(H,19,20)/b15-10+/t16-/m1/s1. The van der Waals surface area contributed by atoms with Gasteiger partial charge in [-0.3, -0.25) is 9.59 Å². The van der Waals surface area contributed by atoms with Crippen molar-refractivity contribution in [2.45, 2.75) is 0 Å². The Morgan fingerprint density at radius 1 is 1.23 bits per heavy atom. The zero-order chi connectivity index (χ0) is 15.7. The first-order chi connectivity index (χ1) is 10.6. The SMILES string of the molecule is C=C1NC(=O)/C(=C/c2cccc3ccccc23)[C@@H]1C(=O)OC. The van der Waals surface area contributed by atoms with E-state index < -0.39 is 11.9 Å². The second kappa shape index (κ2) is 5.48. The Bertz CT molecular complexity index is 815. The number of carbonyl (C=O) groups excluding carboxylic acids is 2. The molecule has 4 heteroatoms. The van der Waals surface area contributed by atoms with Crippen LogP contribution in [0.2, 0.25) is 0 Å². The van der Waals surface area contributed by atoms with E-state index in [9.17, 15) is 9.59 Å². The molecule has 0 radical (unpaired) electrons. The fourth-order valence-electron chi connectivity index (χ4n) is 2.69. The number of esters is 1. The molecule has 1 aliphatic heterocycles. The summed E-state index contributed by atoms with van der Waals surface area (Å²) >= 11 is 0. The lowest BCUT2D eigenvalue weighted by Gasteiger charge is -2.09. The van der Waals surface area contributed by atoms with Crippen molar-refractivity contribution in [2.75, 3.05) is 7.11 Å². The first kappa shape index (κ1) is 14.1. The van der Waals surface area contributed by atoms with Gasteiger partial charge in [0.15, 0.2) is 0 Å². The summed E-state index contributed by atoms with van der Waals surface area (Å²) in [7, 11) is 1.30. The summed E-state index contributed by atoms with van der Waals surface area (Å²) in [4.78, 5) is 24.0. The van der Waals surface area contributed by atoms with Gasteiger partial charge < -0.3 is 10.1 Å². The maximum Gasteiger partial charge on any atom is 0.319 e. The van der Waals surface area contributed by atoms with Gasteiger partial charge in [0.2, 0.25) is 0 Å². The molecule has 1 aliphatic rings. The number of hydrogen-bond donors (Lipinski definition) is 1. The van der Waals surface area contributed by atoms with Crippen molar-refractivity contribution in [3.63, 3.8) is 0 Å². The second-order valence-corrected chi connectivity index (χ2v) is 5.10. The third-order valence-electron chi connectivity index (χ3n) is 3.77. The number of benzene rings is 2. The van der Waals surface area contributed by atoms with Gasteiger partial charge in [-0.15, -0.1) is 0 Å². The first-order valence-corrected chi connectivity index (χ1v) is 6.89. The molecule has 1 saturated heterocycles. The van der Waals surface area contributed by atoms with E-state index >= 15 is 0 Å². The summed E-state index contributed by atoms with van der Waals surface area (Å²) in [6.07, 6.45) is 1.73. The highest BCUT2D eigenvalue weighted by Crippen LogP contribution is 2.30. The van der Waals surface area contributed by atoms with Gasteiger partial charge >= 0.3 is 5.97 Å². The summed E-state index contributed by atoms with van der Waals surface area (Å²) in [6.45, 7) is 3.74. The zero-order valence-electron chi connectivity index (χ0n) is 12.1. The lowest BCUT2D eigenvalue weighted by atomic mass is 9.96. The molecule has 1 amide bonds. The van der Waals surface area contributed by atoms with Crippen LogP contribution in [-0.4, -0.2) is 19.0 Å². The van der Waals surface area contributed by atoms with Crippen molar-refractivity contribution in [3.05, 3.63) is 65.9 Å². The predicted molar refractivity (Wildman–Crippen MR) is 84.7 cm³/mol. The van der Waals surface area contributed by atoms with Crippen LogP contribution in [-0.2, 0) is 14.3 Å². The highest BCUT2D eigenvalue weighted by atomic mass is 16.5. The maximum absolute atomic E-state index is 12.1. The minimum absolute atomic E-state index is 0.312. The molecule has 0 unspecified atom stereocenters. The number of fused-ring (bicyclic) bond motifs is 1. The third-order valence-corrected chi connectivity index (χ3v) is 3.77. The Labute approximate surface area is 128 Å². The fraction of sp³-hybridized carbons (Fsp3) is 0.111. The van der Waals surface area contributed by atoms with Crippen molar-refractivity contribution in [2.24, 2.45) is 5.92 Å². The summed E-state index contributed by atoms with van der Waals surface area (Å²) in [5, 5.41) is 4.69.